The summed E-state index contributed by atoms with van der Waals surface area (Å²) >= 11 is 0. The van der Waals surface area contributed by atoms with Crippen LogP contribution in [0.4, 0.5) is 0 Å². The largest absolute Gasteiger partial charge is 0.481 e. The standard InChI is InChI=1S/C17H17N3O3/c1-11-7-19-15(8-18-11)16(21)20-9-13(14(10-20)17(22)23)12-5-3-2-4-6-12/h2-8,13-14H,9-10H2,1H3,(H,22,23). The molecule has 2 aromatic rings. The van der Waals surface area contributed by atoms with Crippen molar-refractivity contribution in [2.75, 3.05) is 13.1 Å². The van der Waals surface area contributed by atoms with Gasteiger partial charge < -0.3 is 10.0 Å². The molecular formula is C17H17N3O3. The smallest absolute Gasteiger partial charge is 0.308 e. The Morgan fingerprint density at radius 1 is 1.13 bits per heavy atom. The predicted octanol–water partition coefficient (Wildman–Crippen LogP) is 1.73. The Balaban J connectivity index is 1.84. The summed E-state index contributed by atoms with van der Waals surface area (Å²) in [4.78, 5) is 33.8. The van der Waals surface area contributed by atoms with Gasteiger partial charge in [0, 0.05) is 25.2 Å². The number of aryl methyl sites for hydroxylation is 1. The van der Waals surface area contributed by atoms with Crippen molar-refractivity contribution in [3.05, 3.63) is 59.7 Å². The Hall–Kier alpha value is -2.76. The van der Waals surface area contributed by atoms with Crippen LogP contribution in [0.3, 0.4) is 0 Å². The molecule has 1 aromatic carbocycles. The molecule has 0 spiro atoms. The highest BCUT2D eigenvalue weighted by Crippen LogP contribution is 2.33. The van der Waals surface area contributed by atoms with E-state index in [9.17, 15) is 14.7 Å². The molecule has 1 amide bonds. The van der Waals surface area contributed by atoms with Crippen molar-refractivity contribution in [2.45, 2.75) is 12.8 Å². The Morgan fingerprint density at radius 2 is 1.87 bits per heavy atom. The zero-order valence-corrected chi connectivity index (χ0v) is 12.7. The molecule has 0 radical (unpaired) electrons. The minimum Gasteiger partial charge on any atom is -0.481 e. The van der Waals surface area contributed by atoms with Crippen LogP contribution >= 0.6 is 0 Å². The molecule has 1 aliphatic rings. The minimum atomic E-state index is -0.885. The number of carboxylic acid groups (broad SMARTS) is 1. The molecule has 1 N–H and O–H groups in total. The van der Waals surface area contributed by atoms with Crippen molar-refractivity contribution < 1.29 is 14.7 Å². The van der Waals surface area contributed by atoms with Crippen LogP contribution in [-0.2, 0) is 4.79 Å². The highest BCUT2D eigenvalue weighted by atomic mass is 16.4. The lowest BCUT2D eigenvalue weighted by Crippen LogP contribution is -2.30. The third-order valence-electron chi connectivity index (χ3n) is 4.15. The third-order valence-corrected chi connectivity index (χ3v) is 4.15. The number of aliphatic carboxylic acids is 1. The van der Waals surface area contributed by atoms with Gasteiger partial charge in [0.05, 0.1) is 17.8 Å². The fraction of sp³-hybridized carbons (Fsp3) is 0.294. The molecule has 1 aromatic heterocycles. The average Bonchev–Trinajstić information content (AvgIpc) is 3.01. The first-order valence-electron chi connectivity index (χ1n) is 7.42. The van der Waals surface area contributed by atoms with E-state index in [1.165, 1.54) is 12.4 Å². The van der Waals surface area contributed by atoms with Crippen LogP contribution in [-0.4, -0.2) is 44.9 Å². The summed E-state index contributed by atoms with van der Waals surface area (Å²) in [5.41, 5.74) is 1.91. The van der Waals surface area contributed by atoms with Crippen LogP contribution in [0.5, 0.6) is 0 Å². The van der Waals surface area contributed by atoms with Crippen molar-refractivity contribution in [3.63, 3.8) is 0 Å². The maximum Gasteiger partial charge on any atom is 0.308 e. The number of aromatic nitrogens is 2. The lowest BCUT2D eigenvalue weighted by atomic mass is 9.89. The summed E-state index contributed by atoms with van der Waals surface area (Å²) in [6.07, 6.45) is 2.97. The Labute approximate surface area is 133 Å². The molecule has 6 heteroatoms. The van der Waals surface area contributed by atoms with Crippen molar-refractivity contribution >= 4 is 11.9 Å². The van der Waals surface area contributed by atoms with Gasteiger partial charge in [0.25, 0.3) is 5.91 Å². The molecule has 0 saturated carbocycles. The number of likely N-dealkylation sites (tertiary alicyclic amines) is 1. The van der Waals surface area contributed by atoms with Crippen LogP contribution in [0, 0.1) is 12.8 Å². The molecule has 2 heterocycles. The van der Waals surface area contributed by atoms with E-state index in [1.54, 1.807) is 11.8 Å². The molecule has 2 atom stereocenters. The quantitative estimate of drug-likeness (QED) is 0.933. The molecule has 118 valence electrons. The van der Waals surface area contributed by atoms with Gasteiger partial charge in [0.2, 0.25) is 0 Å². The van der Waals surface area contributed by atoms with Gasteiger partial charge in [-0.25, -0.2) is 4.98 Å². The van der Waals surface area contributed by atoms with E-state index in [-0.39, 0.29) is 24.1 Å². The summed E-state index contributed by atoms with van der Waals surface area (Å²) in [6, 6.07) is 9.45. The van der Waals surface area contributed by atoms with Crippen LogP contribution < -0.4 is 0 Å². The van der Waals surface area contributed by atoms with Crippen LogP contribution in [0.1, 0.15) is 27.7 Å². The maximum atomic E-state index is 12.5. The van der Waals surface area contributed by atoms with Crippen molar-refractivity contribution in [2.24, 2.45) is 5.92 Å². The molecular weight excluding hydrogens is 294 g/mol. The molecule has 0 aliphatic carbocycles. The molecule has 1 fully saturated rings. The zero-order valence-electron chi connectivity index (χ0n) is 12.7. The first-order valence-corrected chi connectivity index (χ1v) is 7.42. The molecule has 0 bridgehead atoms. The van der Waals surface area contributed by atoms with E-state index in [0.29, 0.717) is 6.54 Å². The van der Waals surface area contributed by atoms with Gasteiger partial charge >= 0.3 is 5.97 Å². The predicted molar refractivity (Wildman–Crippen MR) is 83.0 cm³/mol. The summed E-state index contributed by atoms with van der Waals surface area (Å²) in [5, 5.41) is 9.49. The van der Waals surface area contributed by atoms with E-state index in [2.05, 4.69) is 9.97 Å². The van der Waals surface area contributed by atoms with Gasteiger partial charge in [0.15, 0.2) is 0 Å². The lowest BCUT2D eigenvalue weighted by Gasteiger charge is -2.16. The first kappa shape index (κ1) is 15.1. The second-order valence-electron chi connectivity index (χ2n) is 5.72. The topological polar surface area (TPSA) is 83.4 Å². The van der Waals surface area contributed by atoms with Crippen LogP contribution in [0.15, 0.2) is 42.7 Å². The number of amides is 1. The van der Waals surface area contributed by atoms with Gasteiger partial charge in [-0.1, -0.05) is 30.3 Å². The van der Waals surface area contributed by atoms with E-state index in [0.717, 1.165) is 11.3 Å². The van der Waals surface area contributed by atoms with Gasteiger partial charge in [0.1, 0.15) is 5.69 Å². The SMILES string of the molecule is Cc1cnc(C(=O)N2CC(C(=O)O)C(c3ccccc3)C2)cn1. The van der Waals surface area contributed by atoms with E-state index < -0.39 is 11.9 Å². The lowest BCUT2D eigenvalue weighted by molar-refractivity contribution is -0.141. The van der Waals surface area contributed by atoms with Gasteiger partial charge in [-0.05, 0) is 12.5 Å². The molecule has 1 saturated heterocycles. The summed E-state index contributed by atoms with van der Waals surface area (Å²) in [6.45, 7) is 2.35. The Bertz CT molecular complexity index is 716. The number of hydrogen-bond donors (Lipinski definition) is 1. The molecule has 3 rings (SSSR count). The minimum absolute atomic E-state index is 0.184. The fourth-order valence-corrected chi connectivity index (χ4v) is 2.92. The van der Waals surface area contributed by atoms with Gasteiger partial charge in [-0.15, -0.1) is 0 Å². The van der Waals surface area contributed by atoms with Crippen molar-refractivity contribution in [1.82, 2.24) is 14.9 Å². The maximum absolute atomic E-state index is 12.5. The average molecular weight is 311 g/mol. The molecule has 23 heavy (non-hydrogen) atoms. The third kappa shape index (κ3) is 3.06. The van der Waals surface area contributed by atoms with E-state index >= 15 is 0 Å². The summed E-state index contributed by atoms with van der Waals surface area (Å²) < 4.78 is 0. The highest BCUT2D eigenvalue weighted by molar-refractivity contribution is 5.92. The number of hydrogen-bond acceptors (Lipinski definition) is 4. The van der Waals surface area contributed by atoms with Gasteiger partial charge in [-0.2, -0.15) is 0 Å². The van der Waals surface area contributed by atoms with E-state index in [4.69, 9.17) is 0 Å². The van der Waals surface area contributed by atoms with Crippen molar-refractivity contribution in [1.29, 1.82) is 0 Å². The number of benzene rings is 1. The molecule has 2 unspecified atom stereocenters. The van der Waals surface area contributed by atoms with Crippen molar-refractivity contribution in [3.8, 4) is 0 Å². The second-order valence-corrected chi connectivity index (χ2v) is 5.72. The fourth-order valence-electron chi connectivity index (χ4n) is 2.92. The number of nitrogens with zero attached hydrogens (tertiary/aromatic N) is 3. The number of carboxylic acids is 1. The van der Waals surface area contributed by atoms with Crippen LogP contribution in [0.2, 0.25) is 0 Å². The summed E-state index contributed by atoms with van der Waals surface area (Å²) in [5.74, 6) is -1.98. The molecule has 6 nitrogen and oxygen atoms in total. The first-order chi connectivity index (χ1) is 11.1. The van der Waals surface area contributed by atoms with E-state index in [1.807, 2.05) is 30.3 Å². The number of rotatable bonds is 3. The Kier molecular flexibility index (Phi) is 4.06. The Morgan fingerprint density at radius 3 is 2.48 bits per heavy atom. The van der Waals surface area contributed by atoms with Crippen LogP contribution in [0.25, 0.3) is 0 Å². The second kappa shape index (κ2) is 6.16. The number of carbonyl (C=O) groups excluding carboxylic acids is 1. The normalized spacial score (nSPS) is 20.5. The highest BCUT2D eigenvalue weighted by Gasteiger charge is 2.40. The number of carbonyl (C=O) groups is 2. The summed E-state index contributed by atoms with van der Waals surface area (Å²) in [7, 11) is 0. The van der Waals surface area contributed by atoms with Gasteiger partial charge in [-0.3, -0.25) is 14.6 Å². The molecule has 1 aliphatic heterocycles. The monoisotopic (exact) mass is 311 g/mol. The zero-order chi connectivity index (χ0) is 16.4.